The Morgan fingerprint density at radius 3 is 2.88 bits per heavy atom. The highest BCUT2D eigenvalue weighted by atomic mass is 16.5. The normalized spacial score (nSPS) is 10.2. The number of pyridine rings is 1. The van der Waals surface area contributed by atoms with Crippen LogP contribution in [0.4, 0.5) is 11.4 Å². The number of hydrogen-bond donors (Lipinski definition) is 1. The first-order valence-electron chi connectivity index (χ1n) is 5.11. The van der Waals surface area contributed by atoms with E-state index in [1.54, 1.807) is 30.4 Å². The maximum absolute atomic E-state index is 11.4. The largest absolute Gasteiger partial charge is 0.462 e. The third-order valence-electron chi connectivity index (χ3n) is 1.97. The molecule has 5 heteroatoms. The van der Waals surface area contributed by atoms with Crippen LogP contribution in [0.25, 0.3) is 0 Å². The van der Waals surface area contributed by atoms with Gasteiger partial charge in [-0.1, -0.05) is 0 Å². The van der Waals surface area contributed by atoms with E-state index in [0.29, 0.717) is 5.69 Å². The standard InChI is InChI=1S/C11H17N3O2/c1-8(2)16-11(15)7-14(3)10-4-5-13-6-9(10)12/h4-6,8H,7,12H2,1-3H3. The van der Waals surface area contributed by atoms with Crippen LogP contribution < -0.4 is 10.6 Å². The SMILES string of the molecule is CC(C)OC(=O)CN(C)c1ccncc1N. The molecule has 0 fully saturated rings. The van der Waals surface area contributed by atoms with Gasteiger partial charge in [-0.2, -0.15) is 0 Å². The second-order valence-electron chi connectivity index (χ2n) is 3.83. The molecule has 0 saturated heterocycles. The number of anilines is 2. The zero-order valence-corrected chi connectivity index (χ0v) is 9.80. The Morgan fingerprint density at radius 1 is 1.62 bits per heavy atom. The molecular formula is C11H17N3O2. The monoisotopic (exact) mass is 223 g/mol. The first kappa shape index (κ1) is 12.3. The molecule has 2 N–H and O–H groups in total. The molecular weight excluding hydrogens is 206 g/mol. The van der Waals surface area contributed by atoms with E-state index >= 15 is 0 Å². The maximum Gasteiger partial charge on any atom is 0.325 e. The lowest BCUT2D eigenvalue weighted by Gasteiger charge is -2.20. The second kappa shape index (κ2) is 5.34. The van der Waals surface area contributed by atoms with Crippen molar-refractivity contribution in [1.82, 2.24) is 4.98 Å². The molecule has 0 unspecified atom stereocenters. The predicted octanol–water partition coefficient (Wildman–Crippen LogP) is 1.05. The first-order valence-corrected chi connectivity index (χ1v) is 5.11. The van der Waals surface area contributed by atoms with Gasteiger partial charge in [0.05, 0.1) is 23.7 Å². The fourth-order valence-corrected chi connectivity index (χ4v) is 1.33. The van der Waals surface area contributed by atoms with Crippen LogP contribution in [0.15, 0.2) is 18.5 Å². The molecule has 0 atom stereocenters. The van der Waals surface area contributed by atoms with Gasteiger partial charge in [0.1, 0.15) is 6.54 Å². The minimum absolute atomic E-state index is 0.101. The fourth-order valence-electron chi connectivity index (χ4n) is 1.33. The van der Waals surface area contributed by atoms with Crippen molar-refractivity contribution < 1.29 is 9.53 Å². The van der Waals surface area contributed by atoms with Crippen molar-refractivity contribution in [3.05, 3.63) is 18.5 Å². The Bertz CT molecular complexity index is 366. The van der Waals surface area contributed by atoms with Gasteiger partial charge in [-0.25, -0.2) is 0 Å². The number of nitrogens with zero attached hydrogens (tertiary/aromatic N) is 2. The summed E-state index contributed by atoms with van der Waals surface area (Å²) in [7, 11) is 1.78. The summed E-state index contributed by atoms with van der Waals surface area (Å²) in [6.07, 6.45) is 3.09. The highest BCUT2D eigenvalue weighted by molar-refractivity contribution is 5.78. The van der Waals surface area contributed by atoms with Crippen LogP contribution in [0.2, 0.25) is 0 Å². The van der Waals surface area contributed by atoms with Gasteiger partial charge in [-0.05, 0) is 19.9 Å². The van der Waals surface area contributed by atoms with Crippen LogP contribution in [0.1, 0.15) is 13.8 Å². The number of nitrogens with two attached hydrogens (primary N) is 1. The van der Waals surface area contributed by atoms with E-state index in [1.165, 1.54) is 0 Å². The third kappa shape index (κ3) is 3.42. The zero-order chi connectivity index (χ0) is 12.1. The van der Waals surface area contributed by atoms with Gasteiger partial charge in [-0.3, -0.25) is 9.78 Å². The minimum atomic E-state index is -0.270. The summed E-state index contributed by atoms with van der Waals surface area (Å²) >= 11 is 0. The molecule has 0 aromatic carbocycles. The van der Waals surface area contributed by atoms with Crippen molar-refractivity contribution in [1.29, 1.82) is 0 Å². The van der Waals surface area contributed by atoms with Crippen LogP contribution in [0, 0.1) is 0 Å². The number of esters is 1. The molecule has 1 aromatic heterocycles. The van der Waals surface area contributed by atoms with Crippen molar-refractivity contribution in [3.63, 3.8) is 0 Å². The first-order chi connectivity index (χ1) is 7.50. The van der Waals surface area contributed by atoms with Gasteiger partial charge in [0, 0.05) is 13.2 Å². The lowest BCUT2D eigenvalue weighted by molar-refractivity contribution is -0.145. The molecule has 88 valence electrons. The Labute approximate surface area is 95.2 Å². The number of hydrogen-bond acceptors (Lipinski definition) is 5. The van der Waals surface area contributed by atoms with Crippen molar-refractivity contribution in [2.75, 3.05) is 24.2 Å². The number of aromatic nitrogens is 1. The molecule has 0 amide bonds. The van der Waals surface area contributed by atoms with E-state index in [1.807, 2.05) is 13.8 Å². The molecule has 0 aliphatic rings. The van der Waals surface area contributed by atoms with Crippen LogP contribution in [-0.2, 0) is 9.53 Å². The van der Waals surface area contributed by atoms with E-state index in [0.717, 1.165) is 5.69 Å². The minimum Gasteiger partial charge on any atom is -0.462 e. The molecule has 1 rings (SSSR count). The molecule has 0 aliphatic carbocycles. The summed E-state index contributed by atoms with van der Waals surface area (Å²) in [5.74, 6) is -0.270. The Balaban J connectivity index is 2.62. The van der Waals surface area contributed by atoms with Crippen molar-refractivity contribution in [3.8, 4) is 0 Å². The van der Waals surface area contributed by atoms with Crippen molar-refractivity contribution >= 4 is 17.3 Å². The number of likely N-dealkylation sites (N-methyl/N-ethyl adjacent to an activating group) is 1. The van der Waals surface area contributed by atoms with Crippen LogP contribution >= 0.6 is 0 Å². The Morgan fingerprint density at radius 2 is 2.31 bits per heavy atom. The molecule has 0 radical (unpaired) electrons. The molecule has 0 aliphatic heterocycles. The van der Waals surface area contributed by atoms with Crippen molar-refractivity contribution in [2.45, 2.75) is 20.0 Å². The summed E-state index contributed by atoms with van der Waals surface area (Å²) in [6, 6.07) is 1.76. The highest BCUT2D eigenvalue weighted by Crippen LogP contribution is 2.19. The maximum atomic E-state index is 11.4. The smallest absolute Gasteiger partial charge is 0.325 e. The van der Waals surface area contributed by atoms with Gasteiger partial charge in [-0.15, -0.1) is 0 Å². The fraction of sp³-hybridized carbons (Fsp3) is 0.455. The average molecular weight is 223 g/mol. The Hall–Kier alpha value is -1.78. The lowest BCUT2D eigenvalue weighted by Crippen LogP contribution is -2.29. The number of ether oxygens (including phenoxy) is 1. The molecule has 0 saturated carbocycles. The summed E-state index contributed by atoms with van der Waals surface area (Å²) in [6.45, 7) is 3.81. The number of nitrogen functional groups attached to an aromatic ring is 1. The average Bonchev–Trinajstić information content (AvgIpc) is 2.16. The highest BCUT2D eigenvalue weighted by Gasteiger charge is 2.11. The van der Waals surface area contributed by atoms with Gasteiger partial charge in [0.25, 0.3) is 0 Å². The van der Waals surface area contributed by atoms with Gasteiger partial charge < -0.3 is 15.4 Å². The molecule has 1 heterocycles. The summed E-state index contributed by atoms with van der Waals surface area (Å²) in [4.78, 5) is 17.1. The molecule has 1 aromatic rings. The number of carbonyl (C=O) groups excluding carboxylic acids is 1. The zero-order valence-electron chi connectivity index (χ0n) is 9.80. The van der Waals surface area contributed by atoms with E-state index in [9.17, 15) is 4.79 Å². The summed E-state index contributed by atoms with van der Waals surface area (Å²) in [5, 5.41) is 0. The molecule has 16 heavy (non-hydrogen) atoms. The van der Waals surface area contributed by atoms with Crippen LogP contribution in [0.3, 0.4) is 0 Å². The molecule has 5 nitrogen and oxygen atoms in total. The number of carbonyl (C=O) groups is 1. The second-order valence-corrected chi connectivity index (χ2v) is 3.83. The van der Waals surface area contributed by atoms with Gasteiger partial charge in [0.2, 0.25) is 0 Å². The number of rotatable bonds is 4. The van der Waals surface area contributed by atoms with E-state index < -0.39 is 0 Å². The van der Waals surface area contributed by atoms with Crippen LogP contribution in [-0.4, -0.2) is 30.6 Å². The Kier molecular flexibility index (Phi) is 4.10. The van der Waals surface area contributed by atoms with E-state index in [2.05, 4.69) is 4.98 Å². The molecule has 0 spiro atoms. The quantitative estimate of drug-likeness (QED) is 0.773. The van der Waals surface area contributed by atoms with Gasteiger partial charge in [0.15, 0.2) is 0 Å². The lowest BCUT2D eigenvalue weighted by atomic mass is 10.3. The third-order valence-corrected chi connectivity index (χ3v) is 1.97. The van der Waals surface area contributed by atoms with E-state index in [4.69, 9.17) is 10.5 Å². The predicted molar refractivity (Wildman–Crippen MR) is 63.1 cm³/mol. The summed E-state index contributed by atoms with van der Waals surface area (Å²) < 4.78 is 5.05. The van der Waals surface area contributed by atoms with Crippen LogP contribution in [0.5, 0.6) is 0 Å². The van der Waals surface area contributed by atoms with Crippen molar-refractivity contribution in [2.24, 2.45) is 0 Å². The topological polar surface area (TPSA) is 68.5 Å². The molecule has 0 bridgehead atoms. The van der Waals surface area contributed by atoms with E-state index in [-0.39, 0.29) is 18.6 Å². The summed E-state index contributed by atoms with van der Waals surface area (Å²) in [5.41, 5.74) is 7.06. The van der Waals surface area contributed by atoms with Gasteiger partial charge >= 0.3 is 5.97 Å².